The first-order chi connectivity index (χ1) is 14.6. The summed E-state index contributed by atoms with van der Waals surface area (Å²) < 4.78 is 4.72. The second-order valence-corrected chi connectivity index (χ2v) is 13.9. The molecule has 0 aromatic carbocycles. The Bertz CT molecular complexity index is 557. The Kier molecular flexibility index (Phi) is 24.2. The Hall–Kier alpha value is 0.280. The zero-order valence-electron chi connectivity index (χ0n) is 23.6. The van der Waals surface area contributed by atoms with Gasteiger partial charge in [-0.3, -0.25) is 0 Å². The maximum atomic E-state index is 6.39. The lowest BCUT2D eigenvalue weighted by Gasteiger charge is -2.49. The lowest BCUT2D eigenvalue weighted by molar-refractivity contribution is 0.00469. The minimum absolute atomic E-state index is 0. The summed E-state index contributed by atoms with van der Waals surface area (Å²) >= 11 is 8.26. The quantitative estimate of drug-likeness (QED) is 0.322. The van der Waals surface area contributed by atoms with Gasteiger partial charge in [0.15, 0.2) is 0 Å². The molecule has 0 aromatic rings. The summed E-state index contributed by atoms with van der Waals surface area (Å²) in [5.41, 5.74) is 0.416. The van der Waals surface area contributed by atoms with E-state index < -0.39 is 0 Å². The van der Waals surface area contributed by atoms with Gasteiger partial charge in [-0.1, -0.05) is 35.1 Å². The molecule has 230 valence electrons. The van der Waals surface area contributed by atoms with Gasteiger partial charge in [0.2, 0.25) is 0 Å². The van der Waals surface area contributed by atoms with Gasteiger partial charge in [0, 0.05) is 49.7 Å². The number of piperidine rings is 1. The molecule has 11 N–H and O–H groups in total. The molecule has 37 heavy (non-hydrogen) atoms. The molecule has 0 bridgehead atoms. The third kappa shape index (κ3) is 13.5. The number of halogens is 1. The van der Waals surface area contributed by atoms with Crippen molar-refractivity contribution in [2.75, 3.05) is 53.4 Å². The van der Waals surface area contributed by atoms with Crippen LogP contribution in [0.2, 0.25) is 0 Å². The van der Waals surface area contributed by atoms with E-state index in [0.29, 0.717) is 22.8 Å². The minimum atomic E-state index is 0. The van der Waals surface area contributed by atoms with Gasteiger partial charge in [-0.05, 0) is 94.8 Å². The van der Waals surface area contributed by atoms with Crippen LogP contribution >= 0.6 is 23.7 Å². The Morgan fingerprint density at radius 3 is 2.05 bits per heavy atom. The summed E-state index contributed by atoms with van der Waals surface area (Å²) in [5.74, 6) is 3.23. The molecule has 2 aliphatic heterocycles. The van der Waals surface area contributed by atoms with Gasteiger partial charge in [-0.25, -0.2) is 8.61 Å². The summed E-state index contributed by atoms with van der Waals surface area (Å²) in [4.78, 5) is 2.77. The van der Waals surface area contributed by atoms with Gasteiger partial charge in [-0.2, -0.15) is 0 Å². The first-order valence-corrected chi connectivity index (χ1v) is 14.0. The summed E-state index contributed by atoms with van der Waals surface area (Å²) in [6.07, 6.45) is 7.85. The van der Waals surface area contributed by atoms with Gasteiger partial charge < -0.3 is 37.6 Å². The number of hydrogen-bond acceptors (Lipinski definition) is 5. The normalized spacial score (nSPS) is 28.5. The standard InChI is InChI=1S/C25H49ClN4S.CH4.5H2O/c1-19(2)24(27-15-20-11-14-30(16-20)31-28(5)6)17-29-13-12-23(25(3,4)18-29)21-7-9-22(26)10-8-21;;;;;;/h19-24,27H,7-18H2,1-6H3;1H4;5*1H2/t20-,21?,22?,23+,24-;;;;;;/m0....../s1. The maximum Gasteiger partial charge on any atom is 0.0336 e. The van der Waals surface area contributed by atoms with Gasteiger partial charge in [0.05, 0.1) is 0 Å². The van der Waals surface area contributed by atoms with Crippen molar-refractivity contribution in [2.45, 2.75) is 85.1 Å². The Balaban J connectivity index is -0.000000907. The smallest absolute Gasteiger partial charge is 0.0336 e. The van der Waals surface area contributed by atoms with Crippen LogP contribution in [0.5, 0.6) is 0 Å². The fourth-order valence-electron chi connectivity index (χ4n) is 6.37. The number of hydrogen-bond donors (Lipinski definition) is 1. The first kappa shape index (κ1) is 44.3. The van der Waals surface area contributed by atoms with Crippen molar-refractivity contribution < 1.29 is 27.4 Å². The van der Waals surface area contributed by atoms with Crippen LogP contribution < -0.4 is 5.32 Å². The lowest BCUT2D eigenvalue weighted by Crippen LogP contribution is -2.53. The molecule has 0 amide bonds. The number of rotatable bonds is 9. The number of likely N-dealkylation sites (tertiary alicyclic amines) is 1. The summed E-state index contributed by atoms with van der Waals surface area (Å²) in [6.45, 7) is 17.2. The van der Waals surface area contributed by atoms with E-state index in [1.165, 1.54) is 71.2 Å². The Morgan fingerprint density at radius 1 is 0.946 bits per heavy atom. The molecule has 2 saturated heterocycles. The molecule has 3 fully saturated rings. The highest BCUT2D eigenvalue weighted by Crippen LogP contribution is 2.45. The second-order valence-electron chi connectivity index (χ2n) is 11.8. The van der Waals surface area contributed by atoms with Crippen molar-refractivity contribution in [1.29, 1.82) is 0 Å². The van der Waals surface area contributed by atoms with Crippen LogP contribution in [0.1, 0.15) is 73.6 Å². The second kappa shape index (κ2) is 20.2. The fraction of sp³-hybridized carbons (Fsp3) is 1.00. The molecule has 0 spiro atoms. The molecule has 0 aromatic heterocycles. The molecule has 9 nitrogen and oxygen atoms in total. The van der Waals surface area contributed by atoms with Gasteiger partial charge in [-0.15, -0.1) is 11.6 Å². The van der Waals surface area contributed by atoms with E-state index in [1.807, 2.05) is 12.1 Å². The highest BCUT2D eigenvalue weighted by atomic mass is 35.5. The van der Waals surface area contributed by atoms with Crippen LogP contribution in [-0.4, -0.2) is 106 Å². The molecular formula is C26H63ClN4O5S. The van der Waals surface area contributed by atoms with Crippen LogP contribution in [-0.2, 0) is 0 Å². The van der Waals surface area contributed by atoms with Crippen LogP contribution in [0.4, 0.5) is 0 Å². The summed E-state index contributed by atoms with van der Waals surface area (Å²) in [5, 5.41) is 4.42. The lowest BCUT2D eigenvalue weighted by atomic mass is 9.64. The third-order valence-corrected chi connectivity index (χ3v) is 9.44. The van der Waals surface area contributed by atoms with Crippen LogP contribution in [0, 0.1) is 29.1 Å². The predicted molar refractivity (Wildman–Crippen MR) is 162 cm³/mol. The highest BCUT2D eigenvalue weighted by Gasteiger charge is 2.41. The summed E-state index contributed by atoms with van der Waals surface area (Å²) in [7, 11) is 4.27. The maximum absolute atomic E-state index is 6.39. The van der Waals surface area contributed by atoms with Crippen LogP contribution in [0.25, 0.3) is 0 Å². The SMILES string of the molecule is C.CC(C)[C@H](CN1CC[C@H](C2CCC(Cl)CC2)C(C)(C)C1)NC[C@@H]1CCN(SN(C)C)C1.O.O.O.O.O. The van der Waals surface area contributed by atoms with Crippen LogP contribution in [0.3, 0.4) is 0 Å². The van der Waals surface area contributed by atoms with Crippen molar-refractivity contribution in [3.05, 3.63) is 0 Å². The highest BCUT2D eigenvalue weighted by molar-refractivity contribution is 7.94. The monoisotopic (exact) mass is 578 g/mol. The van der Waals surface area contributed by atoms with Crippen molar-refractivity contribution >= 4 is 23.7 Å². The topological polar surface area (TPSA) is 179 Å². The largest absolute Gasteiger partial charge is 0.412 e. The minimum Gasteiger partial charge on any atom is -0.412 e. The van der Waals surface area contributed by atoms with Crippen LogP contribution in [0.15, 0.2) is 0 Å². The molecule has 3 rings (SSSR count). The Morgan fingerprint density at radius 2 is 1.54 bits per heavy atom. The number of nitrogens with zero attached hydrogens (tertiary/aromatic N) is 3. The van der Waals surface area contributed by atoms with Crippen molar-refractivity contribution in [3.8, 4) is 0 Å². The third-order valence-electron chi connectivity index (χ3n) is 8.12. The zero-order chi connectivity index (χ0) is 22.6. The molecule has 11 heteroatoms. The van der Waals surface area contributed by atoms with E-state index in [1.54, 1.807) is 0 Å². The van der Waals surface area contributed by atoms with E-state index in [-0.39, 0.29) is 34.8 Å². The molecule has 3 atom stereocenters. The van der Waals surface area contributed by atoms with Crippen molar-refractivity contribution in [2.24, 2.45) is 29.1 Å². The molecule has 1 aliphatic carbocycles. The van der Waals surface area contributed by atoms with E-state index >= 15 is 0 Å². The van der Waals surface area contributed by atoms with Gasteiger partial charge >= 0.3 is 0 Å². The van der Waals surface area contributed by atoms with Crippen molar-refractivity contribution in [3.63, 3.8) is 0 Å². The number of alkyl halides is 1. The van der Waals surface area contributed by atoms with Gasteiger partial charge in [0.25, 0.3) is 0 Å². The molecule has 2 heterocycles. The summed E-state index contributed by atoms with van der Waals surface area (Å²) in [6, 6.07) is 0.592. The van der Waals surface area contributed by atoms with Crippen molar-refractivity contribution in [1.82, 2.24) is 18.8 Å². The van der Waals surface area contributed by atoms with E-state index in [4.69, 9.17) is 11.6 Å². The van der Waals surface area contributed by atoms with Gasteiger partial charge in [0.1, 0.15) is 0 Å². The first-order valence-electron chi connectivity index (χ1n) is 12.8. The molecule has 3 aliphatic rings. The molecule has 0 unspecified atom stereocenters. The molecule has 1 saturated carbocycles. The van der Waals surface area contributed by atoms with E-state index in [2.05, 4.69) is 60.6 Å². The Labute approximate surface area is 237 Å². The van der Waals surface area contributed by atoms with E-state index in [9.17, 15) is 0 Å². The average Bonchev–Trinajstić information content (AvgIpc) is 3.12. The average molecular weight is 579 g/mol. The molecular weight excluding hydrogens is 516 g/mol. The number of nitrogens with one attached hydrogen (secondary N) is 1. The zero-order valence-corrected chi connectivity index (χ0v) is 25.1. The van der Waals surface area contributed by atoms with E-state index in [0.717, 1.165) is 24.3 Å². The molecule has 0 radical (unpaired) electrons. The fourth-order valence-corrected chi connectivity index (χ4v) is 7.55. The predicted octanol–water partition coefficient (Wildman–Crippen LogP) is 1.71.